The molecule has 150 valence electrons. The number of amides is 1. The van der Waals surface area contributed by atoms with Gasteiger partial charge in [0.15, 0.2) is 0 Å². The summed E-state index contributed by atoms with van der Waals surface area (Å²) in [5.41, 5.74) is 4.82. The summed E-state index contributed by atoms with van der Waals surface area (Å²) in [4.78, 5) is 12.6. The highest BCUT2D eigenvalue weighted by Crippen LogP contribution is 2.38. The Kier molecular flexibility index (Phi) is 5.90. The third-order valence-corrected chi connectivity index (χ3v) is 4.85. The highest BCUT2D eigenvalue weighted by molar-refractivity contribution is 5.95. The predicted molar refractivity (Wildman–Crippen MR) is 98.1 cm³/mol. The van der Waals surface area contributed by atoms with Crippen LogP contribution in [0.4, 0.5) is 18.9 Å². The highest BCUT2D eigenvalue weighted by atomic mass is 19.4. The van der Waals surface area contributed by atoms with Gasteiger partial charge in [0.25, 0.3) is 0 Å². The number of ether oxygens (including phenoxy) is 2. The van der Waals surface area contributed by atoms with E-state index in [1.807, 2.05) is 0 Å². The minimum atomic E-state index is -4.51. The summed E-state index contributed by atoms with van der Waals surface area (Å²) < 4.78 is 49.9. The molecule has 0 saturated carbocycles. The topological polar surface area (TPSA) is 73.6 Å². The van der Waals surface area contributed by atoms with E-state index in [0.717, 1.165) is 6.07 Å². The van der Waals surface area contributed by atoms with Crippen LogP contribution >= 0.6 is 0 Å². The van der Waals surface area contributed by atoms with E-state index in [0.29, 0.717) is 31.7 Å². The number of hydrogen-bond acceptors (Lipinski definition) is 4. The van der Waals surface area contributed by atoms with Crippen molar-refractivity contribution in [2.24, 2.45) is 11.1 Å². The van der Waals surface area contributed by atoms with Gasteiger partial charge in [-0.05, 0) is 49.2 Å². The number of hydrogen-bond donors (Lipinski definition) is 2. The molecule has 0 spiro atoms. The molecule has 0 bridgehead atoms. The molecule has 2 aromatic rings. The van der Waals surface area contributed by atoms with Crippen LogP contribution in [0, 0.1) is 5.41 Å². The van der Waals surface area contributed by atoms with Gasteiger partial charge in [-0.2, -0.15) is 13.2 Å². The Morgan fingerprint density at radius 3 is 2.36 bits per heavy atom. The zero-order valence-corrected chi connectivity index (χ0v) is 15.1. The number of nitrogens with two attached hydrogens (primary N) is 1. The molecular formula is C20H21F3N2O3. The number of nitrogens with one attached hydrogen (secondary N) is 1. The Labute approximate surface area is 160 Å². The molecule has 3 rings (SSSR count). The fourth-order valence-electron chi connectivity index (χ4n) is 3.07. The number of alkyl halides is 3. The van der Waals surface area contributed by atoms with E-state index in [-0.39, 0.29) is 24.0 Å². The molecule has 1 aliphatic rings. The normalized spacial score (nSPS) is 16.4. The van der Waals surface area contributed by atoms with Crippen LogP contribution in [-0.4, -0.2) is 25.7 Å². The summed E-state index contributed by atoms with van der Waals surface area (Å²) in [5.74, 6) is -0.236. The van der Waals surface area contributed by atoms with Crippen molar-refractivity contribution in [3.05, 3.63) is 54.1 Å². The van der Waals surface area contributed by atoms with E-state index < -0.39 is 17.2 Å². The monoisotopic (exact) mass is 394 g/mol. The summed E-state index contributed by atoms with van der Waals surface area (Å²) in [6.45, 7) is 1.18. The average Bonchev–Trinajstić information content (AvgIpc) is 2.69. The number of para-hydroxylation sites is 1. The average molecular weight is 394 g/mol. The number of benzene rings is 2. The predicted octanol–water partition coefficient (Wildman–Crippen LogP) is 4.19. The maximum atomic E-state index is 13.1. The summed E-state index contributed by atoms with van der Waals surface area (Å²) in [7, 11) is 0. The largest absolute Gasteiger partial charge is 0.457 e. The van der Waals surface area contributed by atoms with Gasteiger partial charge in [-0.3, -0.25) is 4.79 Å². The molecule has 3 N–H and O–H groups in total. The number of carbonyl (C=O) groups excluding carboxylic acids is 1. The van der Waals surface area contributed by atoms with Gasteiger partial charge in [-0.15, -0.1) is 0 Å². The van der Waals surface area contributed by atoms with Gasteiger partial charge >= 0.3 is 6.18 Å². The van der Waals surface area contributed by atoms with Crippen molar-refractivity contribution in [3.8, 4) is 11.5 Å². The summed E-state index contributed by atoms with van der Waals surface area (Å²) >= 11 is 0. The molecule has 8 heteroatoms. The van der Waals surface area contributed by atoms with Gasteiger partial charge in [0.2, 0.25) is 5.91 Å². The number of rotatable bonds is 5. The van der Waals surface area contributed by atoms with Gasteiger partial charge in [0.05, 0.1) is 11.0 Å². The second-order valence-electron chi connectivity index (χ2n) is 6.67. The third-order valence-electron chi connectivity index (χ3n) is 4.85. The lowest BCUT2D eigenvalue weighted by molar-refractivity contribution is -0.138. The smallest absolute Gasteiger partial charge is 0.419 e. The van der Waals surface area contributed by atoms with Gasteiger partial charge in [-0.1, -0.05) is 12.1 Å². The molecule has 28 heavy (non-hydrogen) atoms. The van der Waals surface area contributed by atoms with Crippen LogP contribution in [0.15, 0.2) is 48.5 Å². The Morgan fingerprint density at radius 2 is 1.75 bits per heavy atom. The molecule has 1 saturated heterocycles. The first-order valence-electron chi connectivity index (χ1n) is 8.87. The van der Waals surface area contributed by atoms with Gasteiger partial charge in [0, 0.05) is 25.4 Å². The molecule has 2 aromatic carbocycles. The SMILES string of the molecule is NCC1(C(=O)Nc2ccc(Oc3ccccc3C(F)(F)F)cc2)CCOCC1. The number of halogens is 3. The molecule has 1 heterocycles. The molecule has 1 fully saturated rings. The van der Waals surface area contributed by atoms with E-state index in [2.05, 4.69) is 5.32 Å². The number of anilines is 1. The maximum absolute atomic E-state index is 13.1. The fraction of sp³-hybridized carbons (Fsp3) is 0.350. The van der Waals surface area contributed by atoms with Crippen LogP contribution in [0.2, 0.25) is 0 Å². The van der Waals surface area contributed by atoms with Crippen molar-refractivity contribution in [2.45, 2.75) is 19.0 Å². The van der Waals surface area contributed by atoms with E-state index in [1.54, 1.807) is 12.1 Å². The molecule has 0 radical (unpaired) electrons. The summed E-state index contributed by atoms with van der Waals surface area (Å²) in [5, 5.41) is 2.82. The third kappa shape index (κ3) is 4.45. The van der Waals surface area contributed by atoms with E-state index in [4.69, 9.17) is 15.2 Å². The minimum absolute atomic E-state index is 0.186. The van der Waals surface area contributed by atoms with E-state index >= 15 is 0 Å². The van der Waals surface area contributed by atoms with Crippen LogP contribution in [-0.2, 0) is 15.7 Å². The molecule has 0 atom stereocenters. The van der Waals surface area contributed by atoms with Crippen molar-refractivity contribution in [1.82, 2.24) is 0 Å². The Hall–Kier alpha value is -2.58. The van der Waals surface area contributed by atoms with Gasteiger partial charge in [-0.25, -0.2) is 0 Å². The van der Waals surface area contributed by atoms with Crippen molar-refractivity contribution in [3.63, 3.8) is 0 Å². The Morgan fingerprint density at radius 1 is 1.11 bits per heavy atom. The van der Waals surface area contributed by atoms with Gasteiger partial charge in [0.1, 0.15) is 11.5 Å². The molecule has 0 aromatic heterocycles. The molecule has 0 unspecified atom stereocenters. The molecule has 1 aliphatic heterocycles. The lowest BCUT2D eigenvalue weighted by Gasteiger charge is -2.34. The zero-order chi connectivity index (χ0) is 20.2. The van der Waals surface area contributed by atoms with Crippen molar-refractivity contribution in [2.75, 3.05) is 25.1 Å². The summed E-state index contributed by atoms with van der Waals surface area (Å²) in [6, 6.07) is 11.2. The van der Waals surface area contributed by atoms with Crippen LogP contribution in [0.25, 0.3) is 0 Å². The Bertz CT molecular complexity index is 816. The van der Waals surface area contributed by atoms with Gasteiger partial charge < -0.3 is 20.5 Å². The lowest BCUT2D eigenvalue weighted by Crippen LogP contribution is -2.46. The van der Waals surface area contributed by atoms with Crippen LogP contribution < -0.4 is 15.8 Å². The second-order valence-corrected chi connectivity index (χ2v) is 6.67. The summed E-state index contributed by atoms with van der Waals surface area (Å²) in [6.07, 6.45) is -3.42. The first-order chi connectivity index (χ1) is 13.3. The van der Waals surface area contributed by atoms with Crippen molar-refractivity contribution >= 4 is 11.6 Å². The molecule has 1 amide bonds. The fourth-order valence-corrected chi connectivity index (χ4v) is 3.07. The quantitative estimate of drug-likeness (QED) is 0.798. The van der Waals surface area contributed by atoms with E-state index in [9.17, 15) is 18.0 Å². The molecule has 5 nitrogen and oxygen atoms in total. The lowest BCUT2D eigenvalue weighted by atomic mass is 9.79. The van der Waals surface area contributed by atoms with Crippen molar-refractivity contribution in [1.29, 1.82) is 0 Å². The van der Waals surface area contributed by atoms with Crippen molar-refractivity contribution < 1.29 is 27.4 Å². The van der Waals surface area contributed by atoms with Crippen LogP contribution in [0.5, 0.6) is 11.5 Å². The number of carbonyl (C=O) groups is 1. The first kappa shape index (κ1) is 20.2. The molecule has 0 aliphatic carbocycles. The minimum Gasteiger partial charge on any atom is -0.457 e. The standard InChI is InChI=1S/C20H21F3N2O3/c21-20(22,23)16-3-1-2-4-17(16)28-15-7-5-14(6-8-15)25-18(26)19(13-24)9-11-27-12-10-19/h1-8H,9-13,24H2,(H,25,26). The van der Waals surface area contributed by atoms with Crippen LogP contribution in [0.3, 0.4) is 0 Å². The second kappa shape index (κ2) is 8.20. The highest BCUT2D eigenvalue weighted by Gasteiger charge is 2.39. The maximum Gasteiger partial charge on any atom is 0.419 e. The Balaban J connectivity index is 1.70. The van der Waals surface area contributed by atoms with Crippen LogP contribution in [0.1, 0.15) is 18.4 Å². The zero-order valence-electron chi connectivity index (χ0n) is 15.1. The van der Waals surface area contributed by atoms with E-state index in [1.165, 1.54) is 30.3 Å². The first-order valence-corrected chi connectivity index (χ1v) is 8.87. The molecular weight excluding hydrogens is 373 g/mol.